The van der Waals surface area contributed by atoms with Crippen LogP contribution in [0.15, 0.2) is 0 Å². The quantitative estimate of drug-likeness (QED) is 0.363. The van der Waals surface area contributed by atoms with Gasteiger partial charge in [-0.25, -0.2) is 0 Å². The Labute approximate surface area is 183 Å². The average molecular weight is 594 g/mol. The van der Waals surface area contributed by atoms with E-state index in [0.717, 1.165) is 24.7 Å². The molecule has 2 aliphatic carbocycles. The first-order valence-corrected chi connectivity index (χ1v) is 9.81. The first-order chi connectivity index (χ1) is 12.0. The van der Waals surface area contributed by atoms with Crippen LogP contribution < -0.4 is 11.1 Å². The molecule has 0 heterocycles. The fourth-order valence-corrected chi connectivity index (χ4v) is 4.08. The summed E-state index contributed by atoms with van der Waals surface area (Å²) in [4.78, 5) is 19.0. The van der Waals surface area contributed by atoms with E-state index in [-0.39, 0.29) is 43.4 Å². The van der Waals surface area contributed by atoms with Crippen molar-refractivity contribution in [2.45, 2.75) is 83.6 Å². The van der Waals surface area contributed by atoms with Crippen LogP contribution in [0.25, 0.3) is 5.84 Å². The summed E-state index contributed by atoms with van der Waals surface area (Å²) in [6.45, 7) is 2.07. The summed E-state index contributed by atoms with van der Waals surface area (Å²) in [7, 11) is 3.62. The molecular weight excluding hydrogens is 554 g/mol. The molecule has 0 unspecified atom stereocenters. The van der Waals surface area contributed by atoms with E-state index in [1.807, 2.05) is 7.05 Å². The Bertz CT molecular complexity index is 328. The van der Waals surface area contributed by atoms with Gasteiger partial charge in [0.05, 0.1) is 0 Å². The first kappa shape index (κ1) is 28.1. The summed E-state index contributed by atoms with van der Waals surface area (Å²) in [6, 6.07) is 0.569. The molecule has 0 aliphatic heterocycles. The van der Waals surface area contributed by atoms with E-state index in [2.05, 4.69) is 18.0 Å². The molecule has 152 valence electrons. The molecule has 2 saturated carbocycles. The largest absolute Gasteiger partial charge is 0.610 e. The fraction of sp³-hybridized carbons (Fsp3) is 0.895. The van der Waals surface area contributed by atoms with Crippen LogP contribution in [0.4, 0.5) is 0 Å². The van der Waals surface area contributed by atoms with Crippen molar-refractivity contribution in [3.8, 4) is 0 Å². The molecule has 7 heteroatoms. The third-order valence-corrected chi connectivity index (χ3v) is 5.25. The predicted octanol–water partition coefficient (Wildman–Crippen LogP) is 3.66. The smallest absolute Gasteiger partial charge is 0.219 e. The number of nitrogens with zero attached hydrogens (tertiary/aromatic N) is 1. The summed E-state index contributed by atoms with van der Waals surface area (Å²) in [5.74, 6) is 9.71. The van der Waals surface area contributed by atoms with Gasteiger partial charge in [0.2, 0.25) is 12.3 Å². The SMILES string of the molecule is CCCCC(=O)NC.CN([NH-])C(C1CCCC1)C1CCCC1.NC=O.[U]. The number of carbonyl (C=O) groups is 2. The van der Waals surface area contributed by atoms with E-state index in [1.165, 1.54) is 51.4 Å². The van der Waals surface area contributed by atoms with Gasteiger partial charge in [0.1, 0.15) is 0 Å². The number of amides is 2. The number of hydrogen-bond acceptors (Lipinski definition) is 3. The zero-order valence-corrected chi connectivity index (χ0v) is 21.1. The molecule has 6 nitrogen and oxygen atoms in total. The number of primary amides is 1. The molecule has 0 radical (unpaired) electrons. The molecule has 26 heavy (non-hydrogen) atoms. The van der Waals surface area contributed by atoms with E-state index >= 15 is 0 Å². The maximum Gasteiger partial charge on any atom is 0.219 e. The number of rotatable bonds is 6. The van der Waals surface area contributed by atoms with E-state index in [9.17, 15) is 4.79 Å². The van der Waals surface area contributed by atoms with Crippen LogP contribution in [0, 0.1) is 42.9 Å². The van der Waals surface area contributed by atoms with Crippen molar-refractivity contribution in [2.75, 3.05) is 14.1 Å². The second-order valence-electron chi connectivity index (χ2n) is 7.10. The van der Waals surface area contributed by atoms with Gasteiger partial charge in [0.25, 0.3) is 0 Å². The fourth-order valence-electron chi connectivity index (χ4n) is 4.08. The first-order valence-electron chi connectivity index (χ1n) is 9.81. The zero-order valence-electron chi connectivity index (χ0n) is 16.9. The summed E-state index contributed by atoms with van der Waals surface area (Å²) < 4.78 is 0. The van der Waals surface area contributed by atoms with Gasteiger partial charge in [-0.2, -0.15) is 0 Å². The standard InChI is InChI=1S/C12H23N2.C6H13NO.CH3NO.U/c1-14(13)12(10-6-2-3-7-10)11-8-4-5-9-11;1-3-4-5-6(8)7-2;2-1-3;/h10-13H,2-9H2,1H3;3-5H2,1-2H3,(H,7,8);1H,(H2,2,3);/q-1;;;. The third kappa shape index (κ3) is 12.3. The molecule has 2 amide bonds. The minimum Gasteiger partial charge on any atom is -0.610 e. The van der Waals surface area contributed by atoms with Gasteiger partial charge in [-0.15, -0.1) is 0 Å². The van der Waals surface area contributed by atoms with Crippen molar-refractivity contribution in [1.29, 1.82) is 0 Å². The van der Waals surface area contributed by atoms with E-state index in [1.54, 1.807) is 12.1 Å². The average Bonchev–Trinajstić information content (AvgIpc) is 3.28. The Kier molecular flexibility index (Phi) is 19.8. The summed E-state index contributed by atoms with van der Waals surface area (Å²) in [5.41, 5.74) is 4.17. The van der Waals surface area contributed by atoms with Gasteiger partial charge < -0.3 is 21.9 Å². The third-order valence-electron chi connectivity index (χ3n) is 5.25. The predicted molar refractivity (Wildman–Crippen MR) is 104 cm³/mol. The topological polar surface area (TPSA) is 99.2 Å². The second kappa shape index (κ2) is 18.3. The van der Waals surface area contributed by atoms with Gasteiger partial charge in [0, 0.05) is 44.6 Å². The Morgan fingerprint density at radius 3 is 1.85 bits per heavy atom. The van der Waals surface area contributed by atoms with Crippen molar-refractivity contribution in [3.63, 3.8) is 0 Å². The minimum atomic E-state index is 0. The van der Waals surface area contributed by atoms with Crippen LogP contribution in [0.2, 0.25) is 0 Å². The molecule has 0 saturated heterocycles. The van der Waals surface area contributed by atoms with Crippen molar-refractivity contribution in [2.24, 2.45) is 17.6 Å². The van der Waals surface area contributed by atoms with E-state index in [4.69, 9.17) is 10.6 Å². The zero-order chi connectivity index (χ0) is 19.1. The molecule has 2 fully saturated rings. The van der Waals surface area contributed by atoms with Crippen LogP contribution in [0.1, 0.15) is 77.6 Å². The molecule has 0 atom stereocenters. The molecule has 0 aromatic carbocycles. The normalized spacial score (nSPS) is 17.0. The number of unbranched alkanes of at least 4 members (excludes halogenated alkanes) is 1. The summed E-state index contributed by atoms with van der Waals surface area (Å²) in [5, 5.41) is 4.33. The second-order valence-corrected chi connectivity index (χ2v) is 7.10. The maximum atomic E-state index is 10.5. The molecule has 0 bridgehead atoms. The Hall–Kier alpha value is -0.0881. The van der Waals surface area contributed by atoms with Crippen LogP contribution in [-0.4, -0.2) is 37.5 Å². The minimum absolute atomic E-state index is 0. The van der Waals surface area contributed by atoms with Crippen LogP contribution in [-0.2, 0) is 9.59 Å². The van der Waals surface area contributed by atoms with Crippen LogP contribution >= 0.6 is 0 Å². The molecule has 2 rings (SSSR count). The molecular formula is C19H39N4O2U-. The Morgan fingerprint density at radius 1 is 1.19 bits per heavy atom. The van der Waals surface area contributed by atoms with E-state index in [0.29, 0.717) is 12.5 Å². The number of carbonyl (C=O) groups excluding carboxylic acids is 2. The Balaban J connectivity index is 0. The number of nitrogens with one attached hydrogen (secondary N) is 2. The molecule has 0 spiro atoms. The maximum absolute atomic E-state index is 10.5. The van der Waals surface area contributed by atoms with Gasteiger partial charge in [-0.3, -0.25) is 9.59 Å². The van der Waals surface area contributed by atoms with E-state index < -0.39 is 0 Å². The van der Waals surface area contributed by atoms with Gasteiger partial charge in [-0.05, 0) is 57.0 Å². The van der Waals surface area contributed by atoms with Crippen molar-refractivity contribution in [1.82, 2.24) is 10.3 Å². The molecule has 4 N–H and O–H groups in total. The van der Waals surface area contributed by atoms with Crippen molar-refractivity contribution in [3.05, 3.63) is 5.84 Å². The van der Waals surface area contributed by atoms with Crippen LogP contribution in [0.3, 0.4) is 0 Å². The summed E-state index contributed by atoms with van der Waals surface area (Å²) in [6.07, 6.45) is 14.1. The number of nitrogens with two attached hydrogens (primary N) is 1. The van der Waals surface area contributed by atoms with Gasteiger partial charge in [-0.1, -0.05) is 39.0 Å². The molecule has 0 aromatic heterocycles. The van der Waals surface area contributed by atoms with Gasteiger partial charge in [0.15, 0.2) is 0 Å². The monoisotopic (exact) mass is 593 g/mol. The van der Waals surface area contributed by atoms with Crippen LogP contribution in [0.5, 0.6) is 0 Å². The number of hydrogen-bond donors (Lipinski definition) is 2. The summed E-state index contributed by atoms with van der Waals surface area (Å²) >= 11 is 0. The van der Waals surface area contributed by atoms with Crippen molar-refractivity contribution >= 4 is 12.3 Å². The molecule has 2 aliphatic rings. The van der Waals surface area contributed by atoms with Gasteiger partial charge >= 0.3 is 0 Å². The molecule has 0 aromatic rings. The Morgan fingerprint density at radius 2 is 1.58 bits per heavy atom. The van der Waals surface area contributed by atoms with Crippen molar-refractivity contribution < 1.29 is 40.7 Å².